The summed E-state index contributed by atoms with van der Waals surface area (Å²) in [5, 5.41) is 5.50. The molecule has 0 aliphatic carbocycles. The van der Waals surface area contributed by atoms with Crippen LogP contribution in [0.3, 0.4) is 0 Å². The molecular formula is C43H56Cl4N2O10. The molecule has 0 bridgehead atoms. The van der Waals surface area contributed by atoms with E-state index in [-0.39, 0.29) is 37.6 Å². The van der Waals surface area contributed by atoms with E-state index in [0.717, 1.165) is 5.56 Å². The maximum absolute atomic E-state index is 13.8. The van der Waals surface area contributed by atoms with Gasteiger partial charge >= 0.3 is 24.0 Å². The average Bonchev–Trinajstić information content (AvgIpc) is 3.13. The van der Waals surface area contributed by atoms with E-state index in [2.05, 4.69) is 10.6 Å². The van der Waals surface area contributed by atoms with Crippen molar-refractivity contribution in [3.63, 3.8) is 0 Å². The van der Waals surface area contributed by atoms with Crippen molar-refractivity contribution in [1.29, 1.82) is 0 Å². The topological polar surface area (TPSA) is 156 Å². The van der Waals surface area contributed by atoms with Crippen molar-refractivity contribution < 1.29 is 47.7 Å². The molecule has 0 unspecified atom stereocenters. The molecular weight excluding hydrogens is 846 g/mol. The molecule has 0 heterocycles. The molecule has 2 N–H and O–H groups in total. The number of nitrogens with one attached hydrogen (secondary N) is 2. The van der Waals surface area contributed by atoms with Gasteiger partial charge in [0.2, 0.25) is 9.70 Å². The van der Waals surface area contributed by atoms with Gasteiger partial charge in [-0.25, -0.2) is 14.4 Å². The van der Waals surface area contributed by atoms with Gasteiger partial charge in [0.05, 0.1) is 17.5 Å². The lowest BCUT2D eigenvalue weighted by atomic mass is 9.93. The van der Waals surface area contributed by atoms with Crippen molar-refractivity contribution in [2.24, 2.45) is 17.3 Å². The van der Waals surface area contributed by atoms with Gasteiger partial charge in [-0.15, -0.1) is 0 Å². The zero-order chi connectivity index (χ0) is 44.6. The highest BCUT2D eigenvalue weighted by Gasteiger charge is 2.36. The van der Waals surface area contributed by atoms with Gasteiger partial charge in [0, 0.05) is 25.3 Å². The molecule has 0 aromatic heterocycles. The van der Waals surface area contributed by atoms with E-state index in [1.54, 1.807) is 52.8 Å². The molecule has 326 valence electrons. The zero-order valence-corrected chi connectivity index (χ0v) is 38.0. The predicted octanol–water partition coefficient (Wildman–Crippen LogP) is 9.01. The number of benzene rings is 2. The minimum atomic E-state index is -1.88. The Bertz CT molecular complexity index is 1770. The number of carbonyl (C=O) groups excluding carboxylic acids is 5. The molecule has 2 aromatic rings. The van der Waals surface area contributed by atoms with Crippen LogP contribution >= 0.6 is 46.4 Å². The number of ether oxygens (including phenoxy) is 5. The van der Waals surface area contributed by atoms with Crippen LogP contribution in [0.5, 0.6) is 5.75 Å². The van der Waals surface area contributed by atoms with Crippen LogP contribution in [-0.2, 0) is 44.5 Å². The molecule has 2 amide bonds. The number of halogens is 4. The van der Waals surface area contributed by atoms with E-state index < -0.39 is 69.6 Å². The minimum absolute atomic E-state index is 0.0205. The van der Waals surface area contributed by atoms with Crippen LogP contribution in [-0.4, -0.2) is 77.8 Å². The maximum Gasteiger partial charge on any atom is 0.407 e. The lowest BCUT2D eigenvalue weighted by molar-refractivity contribution is -0.178. The summed E-state index contributed by atoms with van der Waals surface area (Å²) in [6.45, 7) is 13.2. The van der Waals surface area contributed by atoms with Gasteiger partial charge in [-0.05, 0) is 76.3 Å². The third-order valence-electron chi connectivity index (χ3n) is 8.34. The Morgan fingerprint density at radius 1 is 0.881 bits per heavy atom. The fraction of sp³-hybridized carbons (Fsp3) is 0.512. The molecule has 59 heavy (non-hydrogen) atoms. The van der Waals surface area contributed by atoms with Gasteiger partial charge in [-0.2, -0.15) is 0 Å². The Kier molecular flexibility index (Phi) is 20.6. The number of alkyl carbamates (subject to hydrolysis) is 1. The van der Waals surface area contributed by atoms with E-state index >= 15 is 0 Å². The summed E-state index contributed by atoms with van der Waals surface area (Å²) < 4.78 is 25.6. The lowest BCUT2D eigenvalue weighted by Gasteiger charge is -2.29. The summed E-state index contributed by atoms with van der Waals surface area (Å²) >= 11 is 23.7. The maximum atomic E-state index is 13.8. The monoisotopic (exact) mass is 900 g/mol. The Balaban J connectivity index is 2.31. The van der Waals surface area contributed by atoms with E-state index in [9.17, 15) is 24.0 Å². The smallest absolute Gasteiger partial charge is 0.407 e. The highest BCUT2D eigenvalue weighted by Crippen LogP contribution is 2.28. The second-order valence-electron chi connectivity index (χ2n) is 16.0. The number of rotatable bonds is 20. The molecule has 0 fully saturated rings. The van der Waals surface area contributed by atoms with Crippen molar-refractivity contribution in [2.45, 2.75) is 102 Å². The molecule has 0 saturated carbocycles. The van der Waals surface area contributed by atoms with Gasteiger partial charge in [-0.3, -0.25) is 9.59 Å². The lowest BCUT2D eigenvalue weighted by Crippen LogP contribution is -2.44. The summed E-state index contributed by atoms with van der Waals surface area (Å²) in [4.78, 5) is 65.9. The Hall–Kier alpha value is -3.97. The van der Waals surface area contributed by atoms with Gasteiger partial charge in [0.15, 0.2) is 6.10 Å². The van der Waals surface area contributed by atoms with Gasteiger partial charge in [0.25, 0.3) is 0 Å². The van der Waals surface area contributed by atoms with E-state index in [0.29, 0.717) is 16.3 Å². The second kappa shape index (κ2) is 23.7. The zero-order valence-electron chi connectivity index (χ0n) is 34.9. The first-order valence-corrected chi connectivity index (χ1v) is 20.5. The van der Waals surface area contributed by atoms with E-state index in [1.807, 2.05) is 63.3 Å². The van der Waals surface area contributed by atoms with E-state index in [4.69, 9.17) is 70.1 Å². The van der Waals surface area contributed by atoms with Gasteiger partial charge in [0.1, 0.15) is 30.1 Å². The molecule has 0 radical (unpaired) electrons. The highest BCUT2D eigenvalue weighted by atomic mass is 35.6. The summed E-state index contributed by atoms with van der Waals surface area (Å²) in [5.74, 6) is -3.05. The van der Waals surface area contributed by atoms with Crippen molar-refractivity contribution in [3.05, 3.63) is 82.9 Å². The quantitative estimate of drug-likeness (QED) is 0.0569. The number of alkyl halides is 3. The highest BCUT2D eigenvalue weighted by molar-refractivity contribution is 6.67. The van der Waals surface area contributed by atoms with Gasteiger partial charge < -0.3 is 34.3 Å². The van der Waals surface area contributed by atoms with Crippen molar-refractivity contribution in [3.8, 4) is 5.75 Å². The molecule has 0 aliphatic heterocycles. The number of hydrogen-bond donors (Lipinski definition) is 2. The number of carbonyl (C=O) groups is 5. The Labute approximate surface area is 367 Å². The molecule has 2 rings (SSSR count). The number of hydrogen-bond acceptors (Lipinski definition) is 10. The SMILES string of the molecule is COc1ccc(C[C@@H](NC(=O)/C=C/C[C@H](OC(=O)[C@H](CC(C)C)OC(=O)C(C)(C)CNC(=O)OC(C)(C)C)[C@H](C)/C=C/c2ccccc2)C(=O)OCC(Cl)(Cl)Cl)cc1Cl. The van der Waals surface area contributed by atoms with Crippen molar-refractivity contribution >= 4 is 82.4 Å². The molecule has 2 aromatic carbocycles. The Morgan fingerprint density at radius 3 is 2.12 bits per heavy atom. The van der Waals surface area contributed by atoms with Crippen LogP contribution in [0, 0.1) is 17.3 Å². The molecule has 0 saturated heterocycles. The average molecular weight is 903 g/mol. The van der Waals surface area contributed by atoms with Crippen LogP contribution < -0.4 is 15.4 Å². The third kappa shape index (κ3) is 20.2. The molecule has 4 atom stereocenters. The van der Waals surface area contributed by atoms with Gasteiger partial charge in [-0.1, -0.05) is 122 Å². The van der Waals surface area contributed by atoms with Crippen LogP contribution in [0.15, 0.2) is 66.8 Å². The largest absolute Gasteiger partial charge is 0.495 e. The molecule has 0 aliphatic rings. The number of methoxy groups -OCH3 is 1. The van der Waals surface area contributed by atoms with Crippen LogP contribution in [0.4, 0.5) is 4.79 Å². The molecule has 0 spiro atoms. The first-order valence-electron chi connectivity index (χ1n) is 19.0. The molecule has 16 heteroatoms. The van der Waals surface area contributed by atoms with Crippen LogP contribution in [0.2, 0.25) is 5.02 Å². The predicted molar refractivity (Wildman–Crippen MR) is 231 cm³/mol. The fourth-order valence-electron chi connectivity index (χ4n) is 5.18. The first kappa shape index (κ1) is 51.2. The van der Waals surface area contributed by atoms with Crippen molar-refractivity contribution in [1.82, 2.24) is 10.6 Å². The first-order chi connectivity index (χ1) is 27.4. The molecule has 12 nitrogen and oxygen atoms in total. The number of esters is 3. The van der Waals surface area contributed by atoms with E-state index in [1.165, 1.54) is 19.3 Å². The third-order valence-corrected chi connectivity index (χ3v) is 8.97. The summed E-state index contributed by atoms with van der Waals surface area (Å²) in [5.41, 5.74) is -0.458. The summed E-state index contributed by atoms with van der Waals surface area (Å²) in [7, 11) is 1.46. The van der Waals surface area contributed by atoms with Crippen LogP contribution in [0.1, 0.15) is 79.4 Å². The minimum Gasteiger partial charge on any atom is -0.495 e. The fourth-order valence-corrected chi connectivity index (χ4v) is 5.63. The summed E-state index contributed by atoms with van der Waals surface area (Å²) in [6, 6.07) is 13.2. The standard InChI is InChI=1S/C43H56Cl4N2O10/c1-27(2)22-35(58-39(53)42(7,8)25-48-40(54)59-41(4,5)6)38(52)57-33(28(3)18-19-29-14-11-10-12-15-29)16-13-17-36(50)49-32(37(51)56-26-43(45,46)47)24-30-20-21-34(55-9)31(44)23-30/h10-15,17-21,23,27-28,32-33,35H,16,22,24-26H2,1-9H3,(H,48,54)(H,49,50)/b17-13+,19-18+/t28-,32-,33+,35+/m1/s1. The van der Waals surface area contributed by atoms with Crippen molar-refractivity contribution in [2.75, 3.05) is 20.3 Å². The second-order valence-corrected chi connectivity index (χ2v) is 18.9. The Morgan fingerprint density at radius 2 is 1.54 bits per heavy atom. The van der Waals surface area contributed by atoms with Crippen LogP contribution in [0.25, 0.3) is 6.08 Å². The summed E-state index contributed by atoms with van der Waals surface area (Å²) in [6.07, 6.45) is 3.86. The normalized spacial score (nSPS) is 14.3. The number of amides is 2.